The van der Waals surface area contributed by atoms with Crippen LogP contribution < -0.4 is 4.74 Å². The first-order valence-electron chi connectivity index (χ1n) is 4.64. The maximum absolute atomic E-state index is 10.5. The molecule has 1 aromatic heterocycles. The number of ether oxygens (including phenoxy) is 1. The standard InChI is InChI=1S/C11H7ClN2O3/c12-7-2-1-3-8(4-7)17-9-5-13-10(11(15)16)14-6-9/h1-6H,(H,15,16). The molecule has 17 heavy (non-hydrogen) atoms. The van der Waals surface area contributed by atoms with E-state index in [1.54, 1.807) is 24.3 Å². The van der Waals surface area contributed by atoms with Crippen LogP contribution in [0.2, 0.25) is 5.02 Å². The number of benzene rings is 1. The third-order valence-electron chi connectivity index (χ3n) is 1.85. The highest BCUT2D eigenvalue weighted by Crippen LogP contribution is 2.22. The molecule has 1 heterocycles. The Balaban J connectivity index is 2.16. The summed E-state index contributed by atoms with van der Waals surface area (Å²) in [6, 6.07) is 6.81. The average Bonchev–Trinajstić information content (AvgIpc) is 2.29. The van der Waals surface area contributed by atoms with Crippen molar-refractivity contribution >= 4 is 17.6 Å². The van der Waals surface area contributed by atoms with Crippen LogP contribution in [0.15, 0.2) is 36.7 Å². The highest BCUT2D eigenvalue weighted by Gasteiger charge is 2.06. The van der Waals surface area contributed by atoms with E-state index in [1.165, 1.54) is 12.4 Å². The molecule has 0 saturated carbocycles. The van der Waals surface area contributed by atoms with Gasteiger partial charge in [0, 0.05) is 5.02 Å². The second-order valence-corrected chi connectivity index (χ2v) is 3.54. The average molecular weight is 251 g/mol. The Bertz CT molecular complexity index is 543. The number of aromatic carboxylic acids is 1. The largest absolute Gasteiger partial charge is 0.475 e. The molecule has 2 aromatic rings. The maximum Gasteiger partial charge on any atom is 0.373 e. The van der Waals surface area contributed by atoms with Crippen LogP contribution in [0, 0.1) is 0 Å². The molecule has 0 spiro atoms. The van der Waals surface area contributed by atoms with Gasteiger partial charge >= 0.3 is 5.97 Å². The van der Waals surface area contributed by atoms with Crippen molar-refractivity contribution in [3.8, 4) is 11.5 Å². The number of carbonyl (C=O) groups is 1. The number of aromatic nitrogens is 2. The zero-order valence-electron chi connectivity index (χ0n) is 8.50. The van der Waals surface area contributed by atoms with Crippen molar-refractivity contribution in [1.82, 2.24) is 9.97 Å². The molecule has 0 aliphatic carbocycles. The van der Waals surface area contributed by atoms with E-state index in [0.717, 1.165) is 0 Å². The lowest BCUT2D eigenvalue weighted by molar-refractivity contribution is 0.0683. The van der Waals surface area contributed by atoms with Crippen molar-refractivity contribution in [2.45, 2.75) is 0 Å². The van der Waals surface area contributed by atoms with Gasteiger partial charge in [-0.3, -0.25) is 0 Å². The highest BCUT2D eigenvalue weighted by molar-refractivity contribution is 6.30. The molecule has 5 nitrogen and oxygen atoms in total. The molecule has 2 rings (SSSR count). The minimum atomic E-state index is -1.18. The summed E-state index contributed by atoms with van der Waals surface area (Å²) < 4.78 is 5.39. The minimum Gasteiger partial charge on any atom is -0.475 e. The second-order valence-electron chi connectivity index (χ2n) is 3.11. The first kappa shape index (κ1) is 11.3. The smallest absolute Gasteiger partial charge is 0.373 e. The Labute approximate surface area is 102 Å². The molecule has 0 unspecified atom stereocenters. The SMILES string of the molecule is O=C(O)c1ncc(Oc2cccc(Cl)c2)cn1. The molecule has 0 aliphatic heterocycles. The van der Waals surface area contributed by atoms with Crippen LogP contribution in [-0.2, 0) is 0 Å². The summed E-state index contributed by atoms with van der Waals surface area (Å²) in [7, 11) is 0. The van der Waals surface area contributed by atoms with Gasteiger partial charge in [0.05, 0.1) is 12.4 Å². The van der Waals surface area contributed by atoms with E-state index in [-0.39, 0.29) is 5.82 Å². The summed E-state index contributed by atoms with van der Waals surface area (Å²) in [5.74, 6) is -0.579. The van der Waals surface area contributed by atoms with Crippen molar-refractivity contribution in [1.29, 1.82) is 0 Å². The molecule has 6 heteroatoms. The van der Waals surface area contributed by atoms with Crippen LogP contribution in [-0.4, -0.2) is 21.0 Å². The van der Waals surface area contributed by atoms with E-state index < -0.39 is 5.97 Å². The van der Waals surface area contributed by atoms with Gasteiger partial charge in [0.15, 0.2) is 5.75 Å². The summed E-state index contributed by atoms with van der Waals surface area (Å²) in [5.41, 5.74) is 0. The van der Waals surface area contributed by atoms with Gasteiger partial charge in [-0.2, -0.15) is 0 Å². The molecular formula is C11H7ClN2O3. The van der Waals surface area contributed by atoms with Crippen molar-refractivity contribution in [2.75, 3.05) is 0 Å². The fraction of sp³-hybridized carbons (Fsp3) is 0. The fourth-order valence-electron chi connectivity index (χ4n) is 1.15. The van der Waals surface area contributed by atoms with Crippen LogP contribution in [0.25, 0.3) is 0 Å². The van der Waals surface area contributed by atoms with Gasteiger partial charge in [0.1, 0.15) is 5.75 Å². The van der Waals surface area contributed by atoms with Crippen LogP contribution in [0.4, 0.5) is 0 Å². The molecule has 0 radical (unpaired) electrons. The molecular weight excluding hydrogens is 244 g/mol. The summed E-state index contributed by atoms with van der Waals surface area (Å²) in [5, 5.41) is 9.17. The zero-order valence-corrected chi connectivity index (χ0v) is 9.26. The van der Waals surface area contributed by atoms with E-state index in [1.807, 2.05) is 0 Å². The predicted octanol–water partition coefficient (Wildman–Crippen LogP) is 2.62. The number of hydrogen-bond acceptors (Lipinski definition) is 4. The first-order chi connectivity index (χ1) is 8.15. The number of hydrogen-bond donors (Lipinski definition) is 1. The van der Waals surface area contributed by atoms with E-state index >= 15 is 0 Å². The van der Waals surface area contributed by atoms with Crippen molar-refractivity contribution in [3.63, 3.8) is 0 Å². The summed E-state index contributed by atoms with van der Waals surface area (Å²) in [6.07, 6.45) is 2.58. The normalized spacial score (nSPS) is 9.94. The van der Waals surface area contributed by atoms with Crippen LogP contribution in [0.3, 0.4) is 0 Å². The number of carboxylic acids is 1. The third kappa shape index (κ3) is 2.92. The van der Waals surface area contributed by atoms with Gasteiger partial charge in [0.25, 0.3) is 0 Å². The number of carboxylic acid groups (broad SMARTS) is 1. The molecule has 0 aliphatic rings. The Hall–Kier alpha value is -2.14. The highest BCUT2D eigenvalue weighted by atomic mass is 35.5. The van der Waals surface area contributed by atoms with Crippen molar-refractivity contribution in [3.05, 3.63) is 47.5 Å². The van der Waals surface area contributed by atoms with Gasteiger partial charge in [-0.1, -0.05) is 17.7 Å². The van der Waals surface area contributed by atoms with E-state index in [0.29, 0.717) is 16.5 Å². The Morgan fingerprint density at radius 1 is 1.24 bits per heavy atom. The molecule has 1 N–H and O–H groups in total. The number of rotatable bonds is 3. The van der Waals surface area contributed by atoms with Gasteiger partial charge in [0.2, 0.25) is 5.82 Å². The maximum atomic E-state index is 10.5. The second kappa shape index (κ2) is 4.80. The summed E-state index contributed by atoms with van der Waals surface area (Å²) in [4.78, 5) is 17.8. The van der Waals surface area contributed by atoms with Crippen molar-refractivity contribution < 1.29 is 14.6 Å². The van der Waals surface area contributed by atoms with Gasteiger partial charge in [-0.05, 0) is 18.2 Å². The van der Waals surface area contributed by atoms with E-state index in [4.69, 9.17) is 21.4 Å². The van der Waals surface area contributed by atoms with Gasteiger partial charge in [-0.25, -0.2) is 14.8 Å². The molecule has 0 amide bonds. The topological polar surface area (TPSA) is 72.3 Å². The molecule has 1 aromatic carbocycles. The minimum absolute atomic E-state index is 0.275. The summed E-state index contributed by atoms with van der Waals surface area (Å²) >= 11 is 5.79. The van der Waals surface area contributed by atoms with E-state index in [2.05, 4.69) is 9.97 Å². The first-order valence-corrected chi connectivity index (χ1v) is 5.02. The molecule has 0 saturated heterocycles. The van der Waals surface area contributed by atoms with Crippen LogP contribution >= 0.6 is 11.6 Å². The third-order valence-corrected chi connectivity index (χ3v) is 2.09. The fourth-order valence-corrected chi connectivity index (χ4v) is 1.33. The molecule has 0 bridgehead atoms. The Kier molecular flexibility index (Phi) is 3.20. The molecule has 0 fully saturated rings. The van der Waals surface area contributed by atoms with E-state index in [9.17, 15) is 4.79 Å². The summed E-state index contributed by atoms with van der Waals surface area (Å²) in [6.45, 7) is 0. The quantitative estimate of drug-likeness (QED) is 0.907. The van der Waals surface area contributed by atoms with Gasteiger partial charge < -0.3 is 9.84 Å². The monoisotopic (exact) mass is 250 g/mol. The number of halogens is 1. The lowest BCUT2D eigenvalue weighted by Gasteiger charge is -2.04. The van der Waals surface area contributed by atoms with Crippen LogP contribution in [0.1, 0.15) is 10.6 Å². The molecule has 0 atom stereocenters. The van der Waals surface area contributed by atoms with Crippen LogP contribution in [0.5, 0.6) is 11.5 Å². The van der Waals surface area contributed by atoms with Crippen molar-refractivity contribution in [2.24, 2.45) is 0 Å². The zero-order chi connectivity index (χ0) is 12.3. The van der Waals surface area contributed by atoms with Gasteiger partial charge in [-0.15, -0.1) is 0 Å². The number of nitrogens with zero attached hydrogens (tertiary/aromatic N) is 2. The molecule has 86 valence electrons. The lowest BCUT2D eigenvalue weighted by Crippen LogP contribution is -2.03. The predicted molar refractivity (Wildman–Crippen MR) is 60.5 cm³/mol. The Morgan fingerprint density at radius 3 is 2.53 bits per heavy atom. The Morgan fingerprint density at radius 2 is 1.94 bits per heavy atom. The lowest BCUT2D eigenvalue weighted by atomic mass is 10.3.